The van der Waals surface area contributed by atoms with Crippen LogP contribution in [0.15, 0.2) is 42.5 Å². The summed E-state index contributed by atoms with van der Waals surface area (Å²) >= 11 is 3.91. The van der Waals surface area contributed by atoms with Gasteiger partial charge in [-0.25, -0.2) is 9.10 Å². The Balaban J connectivity index is 2.12. The summed E-state index contributed by atoms with van der Waals surface area (Å²) in [6, 6.07) is 6.57. The highest BCUT2D eigenvalue weighted by atomic mass is 32.1. The van der Waals surface area contributed by atoms with Gasteiger partial charge in [0, 0.05) is 11.8 Å². The van der Waals surface area contributed by atoms with Crippen LogP contribution in [0.5, 0.6) is 11.5 Å². The fourth-order valence-electron chi connectivity index (χ4n) is 1.72. The summed E-state index contributed by atoms with van der Waals surface area (Å²) in [6.45, 7) is 0. The molecule has 0 saturated carbocycles. The number of amides is 2. The smallest absolute Gasteiger partial charge is 0.416 e. The Labute approximate surface area is 134 Å². The maximum atomic E-state index is 12.5. The van der Waals surface area contributed by atoms with Crippen LogP contribution in [0.2, 0.25) is 0 Å². The SMILES string of the molecule is O=C(Nc1ccc(C(F)(F)F)cc1)N(S)c1ccc(O)cc1O. The average molecular weight is 344 g/mol. The molecule has 3 N–H and O–H groups in total. The molecule has 2 amide bonds. The van der Waals surface area contributed by atoms with E-state index in [2.05, 4.69) is 18.1 Å². The van der Waals surface area contributed by atoms with E-state index >= 15 is 0 Å². The summed E-state index contributed by atoms with van der Waals surface area (Å²) in [5, 5.41) is 21.2. The van der Waals surface area contributed by atoms with Gasteiger partial charge in [0.05, 0.1) is 11.3 Å². The molecule has 2 aromatic carbocycles. The third-order valence-electron chi connectivity index (χ3n) is 2.84. The van der Waals surface area contributed by atoms with E-state index in [1.165, 1.54) is 12.1 Å². The van der Waals surface area contributed by atoms with Crippen LogP contribution in [0.1, 0.15) is 5.56 Å². The lowest BCUT2D eigenvalue weighted by molar-refractivity contribution is -0.137. The fourth-order valence-corrected chi connectivity index (χ4v) is 1.94. The minimum atomic E-state index is -4.46. The molecule has 0 aromatic heterocycles. The van der Waals surface area contributed by atoms with Crippen molar-refractivity contribution in [2.75, 3.05) is 9.62 Å². The molecular formula is C14H11F3N2O3S. The van der Waals surface area contributed by atoms with Gasteiger partial charge in [0.2, 0.25) is 0 Å². The normalized spacial score (nSPS) is 11.1. The van der Waals surface area contributed by atoms with Gasteiger partial charge in [-0.05, 0) is 36.4 Å². The van der Waals surface area contributed by atoms with Crippen molar-refractivity contribution < 1.29 is 28.2 Å². The maximum absolute atomic E-state index is 12.5. The minimum absolute atomic E-state index is 0.00412. The van der Waals surface area contributed by atoms with E-state index in [0.29, 0.717) is 0 Å². The van der Waals surface area contributed by atoms with Crippen LogP contribution in [-0.4, -0.2) is 16.2 Å². The molecule has 0 saturated heterocycles. The first-order chi connectivity index (χ1) is 10.7. The number of alkyl halides is 3. The first-order valence-electron chi connectivity index (χ1n) is 6.17. The lowest BCUT2D eigenvalue weighted by atomic mass is 10.2. The van der Waals surface area contributed by atoms with Crippen molar-refractivity contribution in [3.63, 3.8) is 0 Å². The summed E-state index contributed by atoms with van der Waals surface area (Å²) in [5.74, 6) is -0.585. The van der Waals surface area contributed by atoms with E-state index in [4.69, 9.17) is 0 Å². The number of benzene rings is 2. The Hall–Kier alpha value is -2.55. The number of phenols is 2. The third-order valence-corrected chi connectivity index (χ3v) is 3.24. The molecule has 0 unspecified atom stereocenters. The van der Waals surface area contributed by atoms with E-state index in [9.17, 15) is 28.2 Å². The molecule has 0 heterocycles. The Morgan fingerprint density at radius 1 is 1.09 bits per heavy atom. The van der Waals surface area contributed by atoms with Crippen molar-refractivity contribution >= 4 is 30.2 Å². The van der Waals surface area contributed by atoms with E-state index in [-0.39, 0.29) is 22.9 Å². The Bertz CT molecular complexity index is 720. The Morgan fingerprint density at radius 2 is 1.70 bits per heavy atom. The number of aromatic hydroxyl groups is 2. The molecule has 0 aliphatic rings. The summed E-state index contributed by atoms with van der Waals surface area (Å²) in [5.41, 5.74) is -0.717. The minimum Gasteiger partial charge on any atom is -0.508 e. The summed E-state index contributed by atoms with van der Waals surface area (Å²) in [4.78, 5) is 12.0. The first-order valence-corrected chi connectivity index (χ1v) is 6.57. The van der Waals surface area contributed by atoms with Gasteiger partial charge in [-0.3, -0.25) is 0 Å². The molecule has 9 heteroatoms. The van der Waals surface area contributed by atoms with E-state index in [0.717, 1.165) is 34.6 Å². The molecule has 0 aliphatic heterocycles. The number of carbonyl (C=O) groups is 1. The molecule has 5 nitrogen and oxygen atoms in total. The number of nitrogens with zero attached hydrogens (tertiary/aromatic N) is 1. The Morgan fingerprint density at radius 3 is 2.22 bits per heavy atom. The fraction of sp³-hybridized carbons (Fsp3) is 0.0714. The predicted molar refractivity (Wildman–Crippen MR) is 81.7 cm³/mol. The summed E-state index contributed by atoms with van der Waals surface area (Å²) < 4.78 is 38.1. The topological polar surface area (TPSA) is 72.8 Å². The lowest BCUT2D eigenvalue weighted by Gasteiger charge is -2.18. The first kappa shape index (κ1) is 16.8. The molecule has 0 atom stereocenters. The van der Waals surface area contributed by atoms with E-state index in [1.54, 1.807) is 0 Å². The number of rotatable bonds is 2. The number of halogens is 3. The Kier molecular flexibility index (Phi) is 4.60. The van der Waals surface area contributed by atoms with Gasteiger partial charge in [0.25, 0.3) is 0 Å². The monoisotopic (exact) mass is 344 g/mol. The number of anilines is 2. The second-order valence-corrected chi connectivity index (χ2v) is 4.89. The molecular weight excluding hydrogens is 333 g/mol. The zero-order valence-electron chi connectivity index (χ0n) is 11.4. The van der Waals surface area contributed by atoms with Gasteiger partial charge in [0.15, 0.2) is 0 Å². The molecule has 2 rings (SSSR count). The zero-order chi connectivity index (χ0) is 17.2. The van der Waals surface area contributed by atoms with Crippen LogP contribution in [0.4, 0.5) is 29.3 Å². The van der Waals surface area contributed by atoms with Gasteiger partial charge in [-0.15, -0.1) is 0 Å². The average Bonchev–Trinajstić information content (AvgIpc) is 2.46. The van der Waals surface area contributed by atoms with Gasteiger partial charge >= 0.3 is 12.2 Å². The third kappa shape index (κ3) is 4.01. The van der Waals surface area contributed by atoms with Gasteiger partial charge in [0.1, 0.15) is 11.5 Å². The van der Waals surface area contributed by atoms with Crippen LogP contribution in [-0.2, 0) is 6.18 Å². The number of hydrogen-bond acceptors (Lipinski definition) is 4. The van der Waals surface area contributed by atoms with E-state index < -0.39 is 17.8 Å². The van der Waals surface area contributed by atoms with Crippen molar-refractivity contribution in [2.24, 2.45) is 0 Å². The van der Waals surface area contributed by atoms with Crippen molar-refractivity contribution in [2.45, 2.75) is 6.18 Å². The number of thiol groups is 1. The van der Waals surface area contributed by atoms with Crippen molar-refractivity contribution in [1.29, 1.82) is 0 Å². The molecule has 0 aliphatic carbocycles. The largest absolute Gasteiger partial charge is 0.508 e. The molecule has 0 radical (unpaired) electrons. The van der Waals surface area contributed by atoms with E-state index in [1.807, 2.05) is 0 Å². The van der Waals surface area contributed by atoms with Crippen LogP contribution in [0, 0.1) is 0 Å². The molecule has 23 heavy (non-hydrogen) atoms. The standard InChI is InChI=1S/C14H11F3N2O3S/c15-14(16,17)8-1-3-9(4-2-8)18-13(22)19(23)11-6-5-10(20)7-12(11)21/h1-7,20-21,23H,(H,18,22). The highest BCUT2D eigenvalue weighted by Crippen LogP contribution is 2.33. The van der Waals surface area contributed by atoms with Gasteiger partial charge in [-0.1, -0.05) is 12.8 Å². The second-order valence-electron chi connectivity index (χ2n) is 4.49. The molecule has 0 bridgehead atoms. The van der Waals surface area contributed by atoms with Crippen LogP contribution < -0.4 is 9.62 Å². The second kappa shape index (κ2) is 6.29. The summed E-state index contributed by atoms with van der Waals surface area (Å²) in [6.07, 6.45) is -4.46. The maximum Gasteiger partial charge on any atom is 0.416 e. The van der Waals surface area contributed by atoms with Gasteiger partial charge < -0.3 is 15.5 Å². The number of nitrogens with one attached hydrogen (secondary N) is 1. The predicted octanol–water partition coefficient (Wildman–Crippen LogP) is 4.00. The number of urea groups is 1. The van der Waals surface area contributed by atoms with Gasteiger partial charge in [-0.2, -0.15) is 13.2 Å². The van der Waals surface area contributed by atoms with Crippen molar-refractivity contribution in [3.05, 3.63) is 48.0 Å². The molecule has 0 spiro atoms. The van der Waals surface area contributed by atoms with Crippen LogP contribution in [0.3, 0.4) is 0 Å². The van der Waals surface area contributed by atoms with Crippen molar-refractivity contribution in [3.8, 4) is 11.5 Å². The molecule has 2 aromatic rings. The zero-order valence-corrected chi connectivity index (χ0v) is 12.3. The number of carbonyl (C=O) groups excluding carboxylic acids is 1. The highest BCUT2D eigenvalue weighted by Gasteiger charge is 2.30. The number of hydrogen-bond donors (Lipinski definition) is 4. The molecule has 0 fully saturated rings. The summed E-state index contributed by atoms with van der Waals surface area (Å²) in [7, 11) is 0. The van der Waals surface area contributed by atoms with Crippen molar-refractivity contribution in [1.82, 2.24) is 0 Å². The molecule has 122 valence electrons. The quantitative estimate of drug-likeness (QED) is 0.622. The van der Waals surface area contributed by atoms with Crippen LogP contribution >= 0.6 is 12.8 Å². The van der Waals surface area contributed by atoms with Crippen LogP contribution in [0.25, 0.3) is 0 Å². The lowest BCUT2D eigenvalue weighted by Crippen LogP contribution is -2.26. The highest BCUT2D eigenvalue weighted by molar-refractivity contribution is 7.82. The number of phenolic OH excluding ortho intramolecular Hbond substituents is 2.